The number of nitro benzene ring substituents is 1. The first-order valence-corrected chi connectivity index (χ1v) is 14.9. The Morgan fingerprint density at radius 1 is 1.00 bits per heavy atom. The summed E-state index contributed by atoms with van der Waals surface area (Å²) in [6.45, 7) is 6.90. The maximum absolute atomic E-state index is 14.0. The molecule has 1 N–H and O–H groups in total. The third-order valence-electron chi connectivity index (χ3n) is 7.28. The summed E-state index contributed by atoms with van der Waals surface area (Å²) in [5, 5.41) is 15.6. The van der Waals surface area contributed by atoms with E-state index in [0.29, 0.717) is 19.0 Å². The van der Waals surface area contributed by atoms with Gasteiger partial charge in [-0.05, 0) is 34.3 Å². The molecule has 3 aromatic carbocycles. The van der Waals surface area contributed by atoms with Gasteiger partial charge in [0.2, 0.25) is 0 Å². The lowest BCUT2D eigenvalue weighted by atomic mass is 10.0. The summed E-state index contributed by atoms with van der Waals surface area (Å²) in [5.74, 6) is 0. The van der Waals surface area contributed by atoms with Gasteiger partial charge in [-0.25, -0.2) is 4.79 Å². The Labute approximate surface area is 232 Å². The van der Waals surface area contributed by atoms with Crippen LogP contribution in [-0.4, -0.2) is 38.5 Å². The molecule has 0 aromatic heterocycles. The highest BCUT2D eigenvalue weighted by Gasteiger charge is 2.50. The Kier molecular flexibility index (Phi) is 8.36. The van der Waals surface area contributed by atoms with E-state index in [4.69, 9.17) is 4.43 Å². The average Bonchev–Trinajstić information content (AvgIpc) is 2.91. The summed E-state index contributed by atoms with van der Waals surface area (Å²) < 4.78 is 49.0. The summed E-state index contributed by atoms with van der Waals surface area (Å²) in [4.78, 5) is 24.3. The Morgan fingerprint density at radius 2 is 1.57 bits per heavy atom. The number of benzene rings is 3. The summed E-state index contributed by atoms with van der Waals surface area (Å²) in [6, 6.07) is 21.2. The zero-order valence-corrected chi connectivity index (χ0v) is 23.6. The van der Waals surface area contributed by atoms with E-state index in [0.717, 1.165) is 27.4 Å². The topological polar surface area (TPSA) is 84.7 Å². The molecule has 40 heavy (non-hydrogen) atoms. The van der Waals surface area contributed by atoms with Crippen molar-refractivity contribution in [3.63, 3.8) is 0 Å². The standard InChI is InChI=1S/C29H32F3N3O4Si/c1-28(2,3)40(23-10-6-4-7-11-23,24-12-8-5-9-13-24)39-19-17-21-16-18-33-27(36)34(21)26-15-14-22(35(37)38)20-25(26)29(30,31)32/h4-15,20-21H,16-19H2,1-3H3,(H,33,36). The quantitative estimate of drug-likeness (QED) is 0.208. The SMILES string of the molecule is CC(C)(C)[Si](OCCC1CCNC(=O)N1c1ccc([N+](=O)[O-])cc1C(F)(F)F)(c1ccccc1)c1ccccc1. The van der Waals surface area contributed by atoms with Crippen LogP contribution in [0.5, 0.6) is 0 Å². The van der Waals surface area contributed by atoms with Crippen LogP contribution in [0.15, 0.2) is 78.9 Å². The predicted octanol–water partition coefficient (Wildman–Crippen LogP) is 5.87. The predicted molar refractivity (Wildman–Crippen MR) is 151 cm³/mol. The van der Waals surface area contributed by atoms with Gasteiger partial charge in [0.1, 0.15) is 0 Å². The molecule has 3 aromatic rings. The largest absolute Gasteiger partial charge is 0.418 e. The number of urea groups is 1. The van der Waals surface area contributed by atoms with Crippen LogP contribution in [0, 0.1) is 10.1 Å². The van der Waals surface area contributed by atoms with Gasteiger partial charge in [0.15, 0.2) is 0 Å². The highest BCUT2D eigenvalue weighted by Crippen LogP contribution is 2.41. The van der Waals surface area contributed by atoms with Crippen LogP contribution in [0.2, 0.25) is 5.04 Å². The minimum absolute atomic E-state index is 0.204. The number of halogens is 3. The fourth-order valence-electron chi connectivity index (χ4n) is 5.49. The van der Waals surface area contributed by atoms with E-state index in [1.54, 1.807) is 0 Å². The highest BCUT2D eigenvalue weighted by atomic mass is 28.4. The van der Waals surface area contributed by atoms with Gasteiger partial charge >= 0.3 is 12.2 Å². The number of non-ortho nitro benzene ring substituents is 1. The number of carbonyl (C=O) groups excluding carboxylic acids is 1. The number of alkyl halides is 3. The molecule has 0 aliphatic carbocycles. The van der Waals surface area contributed by atoms with E-state index in [2.05, 4.69) is 50.4 Å². The van der Waals surface area contributed by atoms with Gasteiger partial charge in [0.05, 0.1) is 16.2 Å². The van der Waals surface area contributed by atoms with Crippen molar-refractivity contribution >= 4 is 36.1 Å². The Balaban J connectivity index is 1.69. The first kappa shape index (κ1) is 29.3. The van der Waals surface area contributed by atoms with Crippen molar-refractivity contribution < 1.29 is 27.3 Å². The molecule has 0 bridgehead atoms. The summed E-state index contributed by atoms with van der Waals surface area (Å²) in [5.41, 5.74) is -2.33. The van der Waals surface area contributed by atoms with Gasteiger partial charge in [-0.3, -0.25) is 15.0 Å². The van der Waals surface area contributed by atoms with Crippen LogP contribution in [0.1, 0.15) is 39.2 Å². The maximum atomic E-state index is 14.0. The van der Waals surface area contributed by atoms with Gasteiger partial charge in [-0.1, -0.05) is 81.4 Å². The van der Waals surface area contributed by atoms with Crippen LogP contribution >= 0.6 is 0 Å². The average molecular weight is 572 g/mol. The molecule has 1 aliphatic heterocycles. The van der Waals surface area contributed by atoms with Crippen molar-refractivity contribution in [3.05, 3.63) is 94.5 Å². The molecule has 0 radical (unpaired) electrons. The molecule has 1 saturated heterocycles. The molecule has 2 amide bonds. The van der Waals surface area contributed by atoms with Crippen molar-refractivity contribution in [1.82, 2.24) is 5.32 Å². The lowest BCUT2D eigenvalue weighted by molar-refractivity contribution is -0.385. The second kappa shape index (κ2) is 11.4. The number of nitrogens with zero attached hydrogens (tertiary/aromatic N) is 2. The minimum Gasteiger partial charge on any atom is -0.407 e. The second-order valence-electron chi connectivity index (χ2n) is 10.8. The smallest absolute Gasteiger partial charge is 0.407 e. The molecular weight excluding hydrogens is 539 g/mol. The van der Waals surface area contributed by atoms with E-state index in [-0.39, 0.29) is 18.1 Å². The van der Waals surface area contributed by atoms with Gasteiger partial charge < -0.3 is 9.74 Å². The number of carbonyl (C=O) groups is 1. The molecule has 11 heteroatoms. The molecule has 212 valence electrons. The van der Waals surface area contributed by atoms with Crippen LogP contribution in [-0.2, 0) is 10.6 Å². The fraction of sp³-hybridized carbons (Fsp3) is 0.345. The zero-order chi connectivity index (χ0) is 29.1. The molecule has 0 saturated carbocycles. The van der Waals surface area contributed by atoms with Gasteiger partial charge in [0, 0.05) is 31.3 Å². The molecule has 1 atom stereocenters. The lowest BCUT2D eigenvalue weighted by Gasteiger charge is -2.44. The van der Waals surface area contributed by atoms with Crippen molar-refractivity contribution in [2.45, 2.75) is 50.9 Å². The van der Waals surface area contributed by atoms with Gasteiger partial charge in [-0.2, -0.15) is 13.2 Å². The van der Waals surface area contributed by atoms with Crippen molar-refractivity contribution in [3.8, 4) is 0 Å². The summed E-state index contributed by atoms with van der Waals surface area (Å²) in [6.07, 6.45) is -4.22. The lowest BCUT2D eigenvalue weighted by Crippen LogP contribution is -2.66. The Morgan fingerprint density at radius 3 is 2.08 bits per heavy atom. The monoisotopic (exact) mass is 571 g/mol. The van der Waals surface area contributed by atoms with E-state index in [9.17, 15) is 28.1 Å². The van der Waals surface area contributed by atoms with E-state index in [1.807, 2.05) is 36.4 Å². The van der Waals surface area contributed by atoms with E-state index < -0.39 is 48.4 Å². The number of nitrogens with one attached hydrogen (secondary N) is 1. The van der Waals surface area contributed by atoms with Crippen molar-refractivity contribution in [2.75, 3.05) is 18.1 Å². The number of hydrogen-bond donors (Lipinski definition) is 1. The van der Waals surface area contributed by atoms with Gasteiger partial charge in [-0.15, -0.1) is 0 Å². The van der Waals surface area contributed by atoms with Crippen LogP contribution in [0.4, 0.5) is 29.3 Å². The second-order valence-corrected chi connectivity index (χ2v) is 15.1. The van der Waals surface area contributed by atoms with Gasteiger partial charge in [0.25, 0.3) is 14.0 Å². The normalized spacial score (nSPS) is 16.5. The molecule has 0 spiro atoms. The van der Waals surface area contributed by atoms with Crippen LogP contribution in [0.25, 0.3) is 0 Å². The number of hydrogen-bond acceptors (Lipinski definition) is 4. The molecule has 7 nitrogen and oxygen atoms in total. The summed E-state index contributed by atoms with van der Waals surface area (Å²) >= 11 is 0. The first-order chi connectivity index (χ1) is 18.9. The third-order valence-corrected chi connectivity index (χ3v) is 12.3. The number of anilines is 1. The number of nitro groups is 1. The molecule has 4 rings (SSSR count). The molecule has 1 fully saturated rings. The molecule has 1 heterocycles. The Bertz CT molecular complexity index is 1310. The number of rotatable bonds is 8. The minimum atomic E-state index is -4.89. The van der Waals surface area contributed by atoms with Crippen LogP contribution < -0.4 is 20.6 Å². The maximum Gasteiger partial charge on any atom is 0.418 e. The van der Waals surface area contributed by atoms with Crippen LogP contribution in [0.3, 0.4) is 0 Å². The molecule has 1 aliphatic rings. The third kappa shape index (κ3) is 5.75. The number of amides is 2. The van der Waals surface area contributed by atoms with E-state index >= 15 is 0 Å². The Hall–Kier alpha value is -3.70. The zero-order valence-electron chi connectivity index (χ0n) is 22.6. The first-order valence-electron chi connectivity index (χ1n) is 13.0. The fourth-order valence-corrected chi connectivity index (χ4v) is 10.1. The molecule has 1 unspecified atom stereocenters. The molecular formula is C29H32F3N3O4Si. The van der Waals surface area contributed by atoms with E-state index in [1.165, 1.54) is 0 Å². The van der Waals surface area contributed by atoms with Crippen molar-refractivity contribution in [1.29, 1.82) is 0 Å². The highest BCUT2D eigenvalue weighted by molar-refractivity contribution is 6.99. The van der Waals surface area contributed by atoms with Crippen molar-refractivity contribution in [2.24, 2.45) is 0 Å². The summed E-state index contributed by atoms with van der Waals surface area (Å²) in [7, 11) is -2.89.